The van der Waals surface area contributed by atoms with Crippen LogP contribution in [0.25, 0.3) is 31.8 Å². The molecule has 0 radical (unpaired) electrons. The van der Waals surface area contributed by atoms with E-state index >= 15 is 4.79 Å². The van der Waals surface area contributed by atoms with E-state index in [1.54, 1.807) is 29.1 Å². The number of fused-ring (bicyclic) bond motifs is 2. The van der Waals surface area contributed by atoms with Crippen LogP contribution in [0.5, 0.6) is 0 Å². The van der Waals surface area contributed by atoms with Gasteiger partial charge in [-0.15, -0.1) is 27.8 Å². The Balaban J connectivity index is 1.24. The molecule has 0 unspecified atom stereocenters. The number of aromatic nitrogens is 3. The number of nitrogens with zero attached hydrogens (tertiary/aromatic N) is 4. The molecule has 7 rings (SSSR count). The number of amides is 8. The molecule has 2 saturated heterocycles. The molecule has 7 atom stereocenters. The predicted octanol–water partition coefficient (Wildman–Crippen LogP) is 3.01. The molecule has 2 aliphatic heterocycles. The van der Waals surface area contributed by atoms with Crippen molar-refractivity contribution in [1.29, 1.82) is 0 Å². The summed E-state index contributed by atoms with van der Waals surface area (Å²) < 4.78 is 2.57. The van der Waals surface area contributed by atoms with Gasteiger partial charge in [0.25, 0.3) is 0 Å². The molecule has 370 valence electrons. The summed E-state index contributed by atoms with van der Waals surface area (Å²) in [5.74, 6) is -6.21. The van der Waals surface area contributed by atoms with Crippen molar-refractivity contribution in [2.24, 2.45) is 17.4 Å². The van der Waals surface area contributed by atoms with Gasteiger partial charge >= 0.3 is 0 Å². The number of nitrogens with two attached hydrogens (primary N) is 2. The monoisotopic (exact) mass is 993 g/mol. The molecule has 2 aliphatic rings. The van der Waals surface area contributed by atoms with Gasteiger partial charge in [-0.05, 0) is 72.2 Å². The third-order valence-corrected chi connectivity index (χ3v) is 14.9. The number of nitrogens with one attached hydrogen (secondary N) is 5. The number of hydrogen-bond acceptors (Lipinski definition) is 12. The number of benzene rings is 2. The fourth-order valence-corrected chi connectivity index (χ4v) is 10.6. The van der Waals surface area contributed by atoms with Crippen molar-refractivity contribution in [3.63, 3.8) is 0 Å². The molecular weight excluding hydrogens is 935 g/mol. The molecule has 0 saturated carbocycles. The van der Waals surface area contributed by atoms with Gasteiger partial charge in [0.2, 0.25) is 47.3 Å². The van der Waals surface area contributed by atoms with E-state index < -0.39 is 95.8 Å². The van der Waals surface area contributed by atoms with Crippen LogP contribution in [0, 0.1) is 12.8 Å². The van der Waals surface area contributed by atoms with Crippen LogP contribution in [0.1, 0.15) is 81.7 Å². The Bertz CT molecular complexity index is 2730. The van der Waals surface area contributed by atoms with Gasteiger partial charge < -0.3 is 43.0 Å². The zero-order valence-electron chi connectivity index (χ0n) is 39.3. The van der Waals surface area contributed by atoms with Crippen LogP contribution in [0.3, 0.4) is 0 Å². The molecule has 2 aromatic carbocycles. The van der Waals surface area contributed by atoms with Gasteiger partial charge in [-0.3, -0.25) is 38.4 Å². The number of carbonyl (C=O) groups is 8. The molecule has 0 bridgehead atoms. The number of carbonyl (C=O) groups excluding carboxylic acids is 8. The second-order valence-electron chi connectivity index (χ2n) is 18.0. The minimum atomic E-state index is -1.48. The maximum atomic E-state index is 15.1. The molecule has 0 aliphatic carbocycles. The highest BCUT2D eigenvalue weighted by atomic mass is 32.1. The summed E-state index contributed by atoms with van der Waals surface area (Å²) in [6.45, 7) is 5.75. The summed E-state index contributed by atoms with van der Waals surface area (Å²) in [5, 5.41) is 25.3. The summed E-state index contributed by atoms with van der Waals surface area (Å²) in [7, 11) is 0. The number of rotatable bonds is 10. The van der Waals surface area contributed by atoms with Gasteiger partial charge in [0.15, 0.2) is 0 Å². The van der Waals surface area contributed by atoms with Crippen molar-refractivity contribution in [3.05, 3.63) is 82.7 Å². The lowest BCUT2D eigenvalue weighted by Crippen LogP contribution is -2.60. The Morgan fingerprint density at radius 1 is 0.843 bits per heavy atom. The van der Waals surface area contributed by atoms with Crippen molar-refractivity contribution in [2.45, 2.75) is 115 Å². The number of hydrogen-bond donors (Lipinski definition) is 7. The number of aryl methyl sites for hydroxylation is 1. The maximum Gasteiger partial charge on any atom is 0.246 e. The van der Waals surface area contributed by atoms with E-state index in [-0.39, 0.29) is 45.2 Å². The normalized spacial score (nSPS) is 23.1. The van der Waals surface area contributed by atoms with Crippen molar-refractivity contribution >= 4 is 80.0 Å². The third kappa shape index (κ3) is 12.6. The highest BCUT2D eigenvalue weighted by Crippen LogP contribution is 2.33. The minimum absolute atomic E-state index is 0.0268. The summed E-state index contributed by atoms with van der Waals surface area (Å²) in [6, 6.07) is 12.8. The first kappa shape index (κ1) is 50.9. The third-order valence-electron chi connectivity index (χ3n) is 12.9. The molecular formula is C49H59N11O8S2. The molecule has 5 aromatic rings. The average Bonchev–Trinajstić information content (AvgIpc) is 4.18. The van der Waals surface area contributed by atoms with E-state index in [0.29, 0.717) is 25.0 Å². The van der Waals surface area contributed by atoms with E-state index in [1.807, 2.05) is 60.8 Å². The van der Waals surface area contributed by atoms with E-state index in [9.17, 15) is 33.6 Å². The van der Waals surface area contributed by atoms with Crippen LogP contribution >= 0.6 is 22.7 Å². The highest BCUT2D eigenvalue weighted by Gasteiger charge is 2.45. The SMILES string of the molecule is CC[C@H](C)[C@@H]1NC(=O)[C@H](CC(N)=O)NC(=O)CCC(=O)NCCCC[C@@H](C(N)=O)NC(=O)[C@H](Cc2csc3ccccc23)NC(=O)[C@@H]2C[C@H](n3cc(-c4ccc(-c5ccc(C)s5)cc4)nn3)CN2C1=O. The lowest BCUT2D eigenvalue weighted by Gasteiger charge is -2.32. The van der Waals surface area contributed by atoms with Crippen LogP contribution in [-0.2, 0) is 44.8 Å². The van der Waals surface area contributed by atoms with E-state index in [0.717, 1.165) is 31.7 Å². The summed E-state index contributed by atoms with van der Waals surface area (Å²) in [6.07, 6.45) is 1.94. The van der Waals surface area contributed by atoms with Gasteiger partial charge in [0.1, 0.15) is 35.9 Å². The fourth-order valence-electron chi connectivity index (χ4n) is 8.74. The van der Waals surface area contributed by atoms with Gasteiger partial charge in [-0.2, -0.15) is 0 Å². The maximum absolute atomic E-state index is 15.1. The van der Waals surface area contributed by atoms with E-state index in [4.69, 9.17) is 11.5 Å². The predicted molar refractivity (Wildman–Crippen MR) is 264 cm³/mol. The first-order chi connectivity index (χ1) is 33.6. The molecule has 8 amide bonds. The molecule has 70 heavy (non-hydrogen) atoms. The summed E-state index contributed by atoms with van der Waals surface area (Å²) in [5.41, 5.74) is 14.5. The summed E-state index contributed by atoms with van der Waals surface area (Å²) in [4.78, 5) is 113. The van der Waals surface area contributed by atoms with Gasteiger partial charge in [-0.25, -0.2) is 4.68 Å². The van der Waals surface area contributed by atoms with Gasteiger partial charge in [-0.1, -0.05) is 67.9 Å². The second kappa shape index (κ2) is 23.1. The number of primary amides is 2. The zero-order valence-corrected chi connectivity index (χ0v) is 40.9. The first-order valence-corrected chi connectivity index (χ1v) is 25.2. The number of thiophene rings is 2. The van der Waals surface area contributed by atoms with E-state index in [2.05, 4.69) is 56.0 Å². The Hall–Kier alpha value is -7.00. The Kier molecular flexibility index (Phi) is 16.8. The Morgan fingerprint density at radius 2 is 1.57 bits per heavy atom. The van der Waals surface area contributed by atoms with Crippen molar-refractivity contribution in [1.82, 2.24) is 46.5 Å². The standard InChI is InChI=1S/C49H59N11O8S2/c1-4-27(2)44-49(68)59-24-32(60-25-37(57-58-60)29-13-15-30(16-14-29)39-17-12-28(3)70-39)22-38(59)48(67)55-35(21-31-26-69-40-11-6-5-9-33(31)40)46(65)54-34(45(51)64)10-7-8-20-52-42(62)18-19-43(63)53-36(23-41(50)61)47(66)56-44/h5-6,9,11-17,25-27,32,34-36,38,44H,4,7-8,10,18-24H2,1-3H3,(H2,50,61)(H2,51,64)(H,52,62)(H,53,63)(H,54,65)(H,55,67)(H,56,66)/t27-,32-,34-,35-,36-,38-,44-/m0/s1. The first-order valence-electron chi connectivity index (χ1n) is 23.5. The lowest BCUT2D eigenvalue weighted by molar-refractivity contribution is -0.143. The molecule has 9 N–H and O–H groups in total. The Labute approximate surface area is 412 Å². The second-order valence-corrected chi connectivity index (χ2v) is 20.2. The molecule has 0 spiro atoms. The van der Waals surface area contributed by atoms with Crippen LogP contribution < -0.4 is 38.1 Å². The molecule has 19 nitrogen and oxygen atoms in total. The quantitative estimate of drug-likeness (QED) is 0.107. The summed E-state index contributed by atoms with van der Waals surface area (Å²) >= 11 is 3.17. The largest absolute Gasteiger partial charge is 0.370 e. The van der Waals surface area contributed by atoms with Crippen molar-refractivity contribution < 1.29 is 38.4 Å². The van der Waals surface area contributed by atoms with E-state index in [1.165, 1.54) is 21.1 Å². The van der Waals surface area contributed by atoms with Crippen LogP contribution in [0.4, 0.5) is 0 Å². The van der Waals surface area contributed by atoms with Gasteiger partial charge in [0, 0.05) is 58.8 Å². The Morgan fingerprint density at radius 3 is 2.29 bits per heavy atom. The fraction of sp³-hybridized carbons (Fsp3) is 0.429. The average molecular weight is 994 g/mol. The topological polar surface area (TPSA) is 283 Å². The zero-order chi connectivity index (χ0) is 50.1. The molecule has 21 heteroatoms. The minimum Gasteiger partial charge on any atom is -0.370 e. The van der Waals surface area contributed by atoms with Crippen molar-refractivity contribution in [3.8, 4) is 21.7 Å². The molecule has 2 fully saturated rings. The van der Waals surface area contributed by atoms with Gasteiger partial charge in [0.05, 0.1) is 18.7 Å². The van der Waals surface area contributed by atoms with Crippen LogP contribution in [0.15, 0.2) is 72.2 Å². The molecule has 5 heterocycles. The van der Waals surface area contributed by atoms with Crippen molar-refractivity contribution in [2.75, 3.05) is 13.1 Å². The van der Waals surface area contributed by atoms with Crippen LogP contribution in [0.2, 0.25) is 0 Å². The highest BCUT2D eigenvalue weighted by molar-refractivity contribution is 7.17. The smallest absolute Gasteiger partial charge is 0.246 e. The molecule has 3 aromatic heterocycles. The van der Waals surface area contributed by atoms with Crippen LogP contribution in [-0.4, -0.2) is 110 Å². The lowest BCUT2D eigenvalue weighted by atomic mass is 9.96.